The third-order valence-electron chi connectivity index (χ3n) is 4.26. The Bertz CT molecular complexity index is 566. The van der Waals surface area contributed by atoms with Crippen molar-refractivity contribution in [3.8, 4) is 0 Å². The standard InChI is InChI=1S/C18H24N2O5/c1-14(18(23)20-11-5-8-17(20)25-13-22)19-16(24-12-21)10-9-15-6-3-2-4-7-15/h2-4,6-7,12-14,16-17,19H,5,8-11H2,1H3/t14?,16-,17-/m1/s1. The Morgan fingerprint density at radius 3 is 2.76 bits per heavy atom. The molecule has 0 spiro atoms. The van der Waals surface area contributed by atoms with E-state index in [1.54, 1.807) is 11.8 Å². The van der Waals surface area contributed by atoms with Crippen LogP contribution in [0.2, 0.25) is 0 Å². The predicted molar refractivity (Wildman–Crippen MR) is 90.2 cm³/mol. The van der Waals surface area contributed by atoms with Gasteiger partial charge in [0.15, 0.2) is 12.5 Å². The van der Waals surface area contributed by atoms with Gasteiger partial charge in [0, 0.05) is 19.4 Å². The van der Waals surface area contributed by atoms with Crippen molar-refractivity contribution < 1.29 is 23.9 Å². The van der Waals surface area contributed by atoms with Crippen molar-refractivity contribution in [1.29, 1.82) is 0 Å². The summed E-state index contributed by atoms with van der Waals surface area (Å²) in [4.78, 5) is 35.4. The third kappa shape index (κ3) is 5.56. The van der Waals surface area contributed by atoms with Gasteiger partial charge in [-0.25, -0.2) is 0 Å². The van der Waals surface area contributed by atoms with Crippen molar-refractivity contribution in [3.63, 3.8) is 0 Å². The molecule has 7 nitrogen and oxygen atoms in total. The zero-order valence-electron chi connectivity index (χ0n) is 14.3. The van der Waals surface area contributed by atoms with Gasteiger partial charge in [-0.05, 0) is 25.3 Å². The Kier molecular flexibility index (Phi) is 7.40. The summed E-state index contributed by atoms with van der Waals surface area (Å²) in [5.41, 5.74) is 1.13. The van der Waals surface area contributed by atoms with Gasteiger partial charge >= 0.3 is 0 Å². The summed E-state index contributed by atoms with van der Waals surface area (Å²) in [7, 11) is 0. The highest BCUT2D eigenvalue weighted by Gasteiger charge is 2.33. The van der Waals surface area contributed by atoms with Crippen LogP contribution in [-0.4, -0.2) is 48.8 Å². The van der Waals surface area contributed by atoms with Gasteiger partial charge in [-0.1, -0.05) is 30.3 Å². The predicted octanol–water partition coefficient (Wildman–Crippen LogP) is 1.22. The van der Waals surface area contributed by atoms with Crippen LogP contribution in [0, 0.1) is 0 Å². The van der Waals surface area contributed by atoms with Crippen LogP contribution >= 0.6 is 0 Å². The molecule has 1 saturated heterocycles. The van der Waals surface area contributed by atoms with E-state index in [1.165, 1.54) is 0 Å². The zero-order valence-corrected chi connectivity index (χ0v) is 14.3. The number of rotatable bonds is 10. The molecule has 0 saturated carbocycles. The lowest BCUT2D eigenvalue weighted by Crippen LogP contribution is -2.50. The van der Waals surface area contributed by atoms with Gasteiger partial charge in [-0.2, -0.15) is 0 Å². The fourth-order valence-corrected chi connectivity index (χ4v) is 2.99. The summed E-state index contributed by atoms with van der Waals surface area (Å²) in [6.07, 6.45) is 1.62. The molecule has 1 fully saturated rings. The molecule has 1 heterocycles. The Morgan fingerprint density at radius 2 is 2.08 bits per heavy atom. The lowest BCUT2D eigenvalue weighted by atomic mass is 10.1. The normalized spacial score (nSPS) is 19.1. The summed E-state index contributed by atoms with van der Waals surface area (Å²) >= 11 is 0. The van der Waals surface area contributed by atoms with Crippen molar-refractivity contribution in [1.82, 2.24) is 10.2 Å². The first kappa shape index (κ1) is 18.9. The van der Waals surface area contributed by atoms with Crippen LogP contribution in [0.5, 0.6) is 0 Å². The van der Waals surface area contributed by atoms with E-state index in [4.69, 9.17) is 9.47 Å². The number of hydrogen-bond acceptors (Lipinski definition) is 6. The molecular weight excluding hydrogens is 324 g/mol. The number of aryl methyl sites for hydroxylation is 1. The SMILES string of the molecule is CC(N[C@@H](CCc1ccccc1)OC=O)C(=O)N1CCC[C@H]1OC=O. The molecule has 7 heteroatoms. The highest BCUT2D eigenvalue weighted by atomic mass is 16.5. The number of amides is 1. The lowest BCUT2D eigenvalue weighted by Gasteiger charge is -2.28. The van der Waals surface area contributed by atoms with E-state index in [0.717, 1.165) is 12.0 Å². The van der Waals surface area contributed by atoms with Crippen molar-refractivity contribution in [2.24, 2.45) is 0 Å². The van der Waals surface area contributed by atoms with Crippen LogP contribution in [0.3, 0.4) is 0 Å². The fourth-order valence-electron chi connectivity index (χ4n) is 2.99. The number of nitrogens with one attached hydrogen (secondary N) is 1. The Hall–Kier alpha value is -2.41. The number of likely N-dealkylation sites (tertiary alicyclic amines) is 1. The summed E-state index contributed by atoms with van der Waals surface area (Å²) in [6, 6.07) is 9.28. The Labute approximate surface area is 147 Å². The maximum atomic E-state index is 12.6. The number of carbonyl (C=O) groups excluding carboxylic acids is 3. The van der Waals surface area contributed by atoms with Crippen LogP contribution in [0.15, 0.2) is 30.3 Å². The first-order valence-corrected chi connectivity index (χ1v) is 8.44. The van der Waals surface area contributed by atoms with Gasteiger partial charge in [-0.15, -0.1) is 0 Å². The summed E-state index contributed by atoms with van der Waals surface area (Å²) in [5.74, 6) is -0.177. The smallest absolute Gasteiger partial charge is 0.295 e. The molecule has 1 aliphatic rings. The van der Waals surface area contributed by atoms with Crippen molar-refractivity contribution in [2.45, 2.75) is 51.1 Å². The maximum absolute atomic E-state index is 12.6. The Morgan fingerprint density at radius 1 is 1.32 bits per heavy atom. The quantitative estimate of drug-likeness (QED) is 0.505. The van der Waals surface area contributed by atoms with Gasteiger partial charge in [-0.3, -0.25) is 19.7 Å². The Balaban J connectivity index is 1.89. The van der Waals surface area contributed by atoms with Gasteiger partial charge in [0.2, 0.25) is 5.91 Å². The van der Waals surface area contributed by atoms with E-state index in [0.29, 0.717) is 38.8 Å². The monoisotopic (exact) mass is 348 g/mol. The van der Waals surface area contributed by atoms with E-state index in [1.807, 2.05) is 30.3 Å². The molecule has 25 heavy (non-hydrogen) atoms. The van der Waals surface area contributed by atoms with Crippen LogP contribution < -0.4 is 5.32 Å². The second kappa shape index (κ2) is 9.78. The highest BCUT2D eigenvalue weighted by molar-refractivity contribution is 5.82. The zero-order chi connectivity index (χ0) is 18.1. The van der Waals surface area contributed by atoms with Crippen molar-refractivity contribution >= 4 is 18.9 Å². The number of hydrogen-bond donors (Lipinski definition) is 1. The fraction of sp³-hybridized carbons (Fsp3) is 0.500. The lowest BCUT2D eigenvalue weighted by molar-refractivity contribution is -0.153. The van der Waals surface area contributed by atoms with Crippen molar-refractivity contribution in [3.05, 3.63) is 35.9 Å². The molecule has 136 valence electrons. The number of nitrogens with zero attached hydrogens (tertiary/aromatic N) is 1. The average Bonchev–Trinajstić information content (AvgIpc) is 3.08. The molecule has 1 unspecified atom stereocenters. The van der Waals surface area contributed by atoms with Crippen molar-refractivity contribution in [2.75, 3.05) is 6.54 Å². The van der Waals surface area contributed by atoms with E-state index in [-0.39, 0.29) is 5.91 Å². The van der Waals surface area contributed by atoms with Crippen LogP contribution in [0.1, 0.15) is 31.7 Å². The molecule has 1 N–H and O–H groups in total. The minimum atomic E-state index is -0.565. The number of benzene rings is 1. The molecule has 0 radical (unpaired) electrons. The van der Waals surface area contributed by atoms with Crippen LogP contribution in [-0.2, 0) is 30.3 Å². The van der Waals surface area contributed by atoms with E-state index in [2.05, 4.69) is 5.32 Å². The molecule has 0 aromatic heterocycles. The summed E-state index contributed by atoms with van der Waals surface area (Å²) in [5, 5.41) is 3.04. The first-order valence-electron chi connectivity index (χ1n) is 8.44. The van der Waals surface area contributed by atoms with Gasteiger partial charge in [0.05, 0.1) is 6.04 Å². The highest BCUT2D eigenvalue weighted by Crippen LogP contribution is 2.19. The van der Waals surface area contributed by atoms with Gasteiger partial charge in [0.25, 0.3) is 12.9 Å². The van der Waals surface area contributed by atoms with Gasteiger partial charge in [0.1, 0.15) is 0 Å². The molecule has 1 amide bonds. The molecule has 1 aromatic carbocycles. The maximum Gasteiger partial charge on any atom is 0.295 e. The molecule has 1 aromatic rings. The van der Waals surface area contributed by atoms with E-state index < -0.39 is 18.5 Å². The van der Waals surface area contributed by atoms with E-state index in [9.17, 15) is 14.4 Å². The largest absolute Gasteiger partial charge is 0.449 e. The minimum Gasteiger partial charge on any atom is -0.449 e. The number of carbonyl (C=O) groups is 3. The topological polar surface area (TPSA) is 84.9 Å². The van der Waals surface area contributed by atoms with Gasteiger partial charge < -0.3 is 14.4 Å². The molecule has 3 atom stereocenters. The molecule has 0 aliphatic carbocycles. The van der Waals surface area contributed by atoms with Crippen LogP contribution in [0.25, 0.3) is 0 Å². The van der Waals surface area contributed by atoms with Crippen LogP contribution in [0.4, 0.5) is 0 Å². The molecule has 1 aliphatic heterocycles. The minimum absolute atomic E-state index is 0.177. The summed E-state index contributed by atoms with van der Waals surface area (Å²) in [6.45, 7) is 3.01. The second-order valence-electron chi connectivity index (χ2n) is 5.99. The number of ether oxygens (including phenoxy) is 2. The average molecular weight is 348 g/mol. The molecular formula is C18H24N2O5. The third-order valence-corrected chi connectivity index (χ3v) is 4.26. The summed E-state index contributed by atoms with van der Waals surface area (Å²) < 4.78 is 10.0. The van der Waals surface area contributed by atoms with E-state index >= 15 is 0 Å². The first-order chi connectivity index (χ1) is 12.2. The molecule has 2 rings (SSSR count). The molecule has 0 bridgehead atoms. The second-order valence-corrected chi connectivity index (χ2v) is 5.99.